The van der Waals surface area contributed by atoms with Gasteiger partial charge in [0.25, 0.3) is 0 Å². The van der Waals surface area contributed by atoms with E-state index in [4.69, 9.17) is 0 Å². The van der Waals surface area contributed by atoms with Crippen LogP contribution in [0.15, 0.2) is 18.5 Å². The molecule has 0 bridgehead atoms. The maximum absolute atomic E-state index is 13.2. The lowest BCUT2D eigenvalue weighted by atomic mass is 10.1. The highest BCUT2D eigenvalue weighted by molar-refractivity contribution is 5.80. The molecule has 20 heavy (non-hydrogen) atoms. The van der Waals surface area contributed by atoms with Gasteiger partial charge in [-0.05, 0) is 12.3 Å². The molecule has 1 aromatic heterocycles. The number of fused-ring (bicyclic) bond motifs is 1. The molecule has 0 spiro atoms. The fourth-order valence-corrected chi connectivity index (χ4v) is 1.89. The van der Waals surface area contributed by atoms with Crippen LogP contribution in [0.2, 0.25) is 0 Å². The zero-order valence-corrected chi connectivity index (χ0v) is 11.5. The predicted molar refractivity (Wildman–Crippen MR) is 72.1 cm³/mol. The Balaban J connectivity index is 2.06. The van der Waals surface area contributed by atoms with Crippen molar-refractivity contribution in [2.75, 3.05) is 6.54 Å². The van der Waals surface area contributed by atoms with Crippen molar-refractivity contribution in [3.05, 3.63) is 30.1 Å². The molecule has 1 amide bonds. The van der Waals surface area contributed by atoms with E-state index in [1.165, 1.54) is 10.9 Å². The van der Waals surface area contributed by atoms with Crippen molar-refractivity contribution in [2.24, 2.45) is 5.92 Å². The van der Waals surface area contributed by atoms with E-state index >= 15 is 0 Å². The van der Waals surface area contributed by atoms with Gasteiger partial charge in [0.05, 0.1) is 17.4 Å². The third-order valence-electron chi connectivity index (χ3n) is 3.02. The summed E-state index contributed by atoms with van der Waals surface area (Å²) in [7, 11) is 0. The quantitative estimate of drug-likeness (QED) is 0.915. The fraction of sp³-hybridized carbons (Fsp3) is 0.429. The zero-order valence-electron chi connectivity index (χ0n) is 11.5. The van der Waals surface area contributed by atoms with E-state index < -0.39 is 11.6 Å². The van der Waals surface area contributed by atoms with Gasteiger partial charge in [-0.3, -0.25) is 4.79 Å². The van der Waals surface area contributed by atoms with Crippen LogP contribution in [0.1, 0.15) is 20.3 Å². The van der Waals surface area contributed by atoms with Crippen molar-refractivity contribution in [2.45, 2.75) is 26.8 Å². The number of hydrogen-bond acceptors (Lipinski definition) is 2. The van der Waals surface area contributed by atoms with Crippen molar-refractivity contribution < 1.29 is 13.6 Å². The second-order valence-electron chi connectivity index (χ2n) is 5.16. The zero-order chi connectivity index (χ0) is 14.7. The molecule has 2 aromatic rings. The third kappa shape index (κ3) is 3.31. The number of nitrogens with zero attached hydrogens (tertiary/aromatic N) is 2. The largest absolute Gasteiger partial charge is 0.355 e. The summed E-state index contributed by atoms with van der Waals surface area (Å²) >= 11 is 0. The van der Waals surface area contributed by atoms with Gasteiger partial charge >= 0.3 is 0 Å². The molecule has 0 saturated heterocycles. The molecular weight excluding hydrogens is 264 g/mol. The molecule has 0 fully saturated rings. The summed E-state index contributed by atoms with van der Waals surface area (Å²) in [6, 6.07) is 2.08. The molecule has 0 aliphatic carbocycles. The molecule has 1 aromatic carbocycles. The van der Waals surface area contributed by atoms with Crippen molar-refractivity contribution >= 4 is 16.9 Å². The topological polar surface area (TPSA) is 46.9 Å². The second-order valence-corrected chi connectivity index (χ2v) is 5.16. The van der Waals surface area contributed by atoms with Crippen LogP contribution < -0.4 is 5.32 Å². The molecule has 1 heterocycles. The Kier molecular flexibility index (Phi) is 4.32. The summed E-state index contributed by atoms with van der Waals surface area (Å²) < 4.78 is 27.8. The van der Waals surface area contributed by atoms with E-state index in [2.05, 4.69) is 24.1 Å². The SMILES string of the molecule is CC(C)CCNC(=O)Cn1cnc2cc(F)c(F)cc21. The summed E-state index contributed by atoms with van der Waals surface area (Å²) in [6.07, 6.45) is 2.31. The van der Waals surface area contributed by atoms with Gasteiger partial charge in [0.15, 0.2) is 11.6 Å². The normalized spacial score (nSPS) is 11.2. The van der Waals surface area contributed by atoms with Crippen LogP contribution in [0.3, 0.4) is 0 Å². The minimum absolute atomic E-state index is 0.0413. The number of aromatic nitrogens is 2. The predicted octanol–water partition coefficient (Wildman–Crippen LogP) is 2.48. The maximum Gasteiger partial charge on any atom is 0.239 e. The molecule has 4 nitrogen and oxygen atoms in total. The van der Waals surface area contributed by atoms with Crippen molar-refractivity contribution in [1.82, 2.24) is 14.9 Å². The second kappa shape index (κ2) is 5.98. The summed E-state index contributed by atoms with van der Waals surface area (Å²) in [4.78, 5) is 15.7. The number of hydrogen-bond donors (Lipinski definition) is 1. The van der Waals surface area contributed by atoms with Crippen LogP contribution in [0.5, 0.6) is 0 Å². The van der Waals surface area contributed by atoms with Crippen molar-refractivity contribution in [3.8, 4) is 0 Å². The minimum Gasteiger partial charge on any atom is -0.355 e. The number of carbonyl (C=O) groups is 1. The molecule has 108 valence electrons. The van der Waals surface area contributed by atoms with Gasteiger partial charge in [0.2, 0.25) is 5.91 Å². The van der Waals surface area contributed by atoms with Gasteiger partial charge in [-0.25, -0.2) is 13.8 Å². The van der Waals surface area contributed by atoms with Crippen LogP contribution in [0.25, 0.3) is 11.0 Å². The molecule has 2 rings (SSSR count). The fourth-order valence-electron chi connectivity index (χ4n) is 1.89. The van der Waals surface area contributed by atoms with Gasteiger partial charge in [0, 0.05) is 18.7 Å². The summed E-state index contributed by atoms with van der Waals surface area (Å²) in [5, 5.41) is 2.79. The molecule has 0 radical (unpaired) electrons. The Morgan fingerprint density at radius 1 is 1.35 bits per heavy atom. The molecule has 0 aliphatic heterocycles. The number of halogens is 2. The smallest absolute Gasteiger partial charge is 0.239 e. The number of carbonyl (C=O) groups excluding carboxylic acids is 1. The van der Waals surface area contributed by atoms with Crippen molar-refractivity contribution in [1.29, 1.82) is 0 Å². The van der Waals surface area contributed by atoms with Crippen LogP contribution in [0.4, 0.5) is 8.78 Å². The van der Waals surface area contributed by atoms with Crippen molar-refractivity contribution in [3.63, 3.8) is 0 Å². The van der Waals surface area contributed by atoms with Crippen LogP contribution in [-0.4, -0.2) is 22.0 Å². The Labute approximate surface area is 115 Å². The van der Waals surface area contributed by atoms with E-state index in [9.17, 15) is 13.6 Å². The highest BCUT2D eigenvalue weighted by Crippen LogP contribution is 2.17. The van der Waals surface area contributed by atoms with Gasteiger partial charge in [0.1, 0.15) is 6.54 Å². The van der Waals surface area contributed by atoms with Gasteiger partial charge < -0.3 is 9.88 Å². The maximum atomic E-state index is 13.2. The molecule has 0 aliphatic rings. The average Bonchev–Trinajstić information content (AvgIpc) is 2.72. The van der Waals surface area contributed by atoms with Gasteiger partial charge in [-0.15, -0.1) is 0 Å². The molecule has 6 heteroatoms. The number of rotatable bonds is 5. The lowest BCUT2D eigenvalue weighted by molar-refractivity contribution is -0.121. The van der Waals surface area contributed by atoms with Crippen LogP contribution in [-0.2, 0) is 11.3 Å². The third-order valence-corrected chi connectivity index (χ3v) is 3.02. The summed E-state index contributed by atoms with van der Waals surface area (Å²) in [5.41, 5.74) is 0.738. The Hall–Kier alpha value is -1.98. The lowest BCUT2D eigenvalue weighted by Crippen LogP contribution is -2.28. The minimum atomic E-state index is -0.945. The standard InChI is InChI=1S/C14H17F2N3O/c1-9(2)3-4-17-14(20)7-19-8-18-12-5-10(15)11(16)6-13(12)19/h5-6,8-9H,3-4,7H2,1-2H3,(H,17,20). The number of imidazole rings is 1. The molecule has 0 unspecified atom stereocenters. The molecular formula is C14H17F2N3O. The van der Waals surface area contributed by atoms with E-state index in [1.807, 2.05) is 0 Å². The van der Waals surface area contributed by atoms with E-state index in [1.54, 1.807) is 0 Å². The Morgan fingerprint density at radius 3 is 2.75 bits per heavy atom. The van der Waals surface area contributed by atoms with E-state index in [0.29, 0.717) is 23.5 Å². The summed E-state index contributed by atoms with van der Waals surface area (Å²) in [6.45, 7) is 4.80. The number of benzene rings is 1. The first kappa shape index (κ1) is 14.4. The van der Waals surface area contributed by atoms with E-state index in [0.717, 1.165) is 18.6 Å². The number of amides is 1. The first-order chi connectivity index (χ1) is 9.47. The summed E-state index contributed by atoms with van der Waals surface area (Å²) in [5.74, 6) is -1.54. The van der Waals surface area contributed by atoms with Gasteiger partial charge in [-0.2, -0.15) is 0 Å². The number of nitrogens with one attached hydrogen (secondary N) is 1. The average molecular weight is 281 g/mol. The van der Waals surface area contributed by atoms with E-state index in [-0.39, 0.29) is 12.5 Å². The van der Waals surface area contributed by atoms with Crippen LogP contribution in [0, 0.1) is 17.6 Å². The molecule has 1 N–H and O–H groups in total. The molecule has 0 saturated carbocycles. The molecule has 0 atom stereocenters. The van der Waals surface area contributed by atoms with Gasteiger partial charge in [-0.1, -0.05) is 13.8 Å². The highest BCUT2D eigenvalue weighted by atomic mass is 19.2. The first-order valence-corrected chi connectivity index (χ1v) is 6.54. The Bertz CT molecular complexity index is 622. The first-order valence-electron chi connectivity index (χ1n) is 6.54. The van der Waals surface area contributed by atoms with Crippen LogP contribution >= 0.6 is 0 Å². The highest BCUT2D eigenvalue weighted by Gasteiger charge is 2.11. The Morgan fingerprint density at radius 2 is 2.05 bits per heavy atom. The lowest BCUT2D eigenvalue weighted by Gasteiger charge is -2.08. The monoisotopic (exact) mass is 281 g/mol.